The zero-order valence-electron chi connectivity index (χ0n) is 13.9. The molecule has 7 heteroatoms. The largest absolute Gasteiger partial charge is 0.333 e. The highest BCUT2D eigenvalue weighted by atomic mass is 79.9. The summed E-state index contributed by atoms with van der Waals surface area (Å²) in [7, 11) is 0. The molecule has 1 aliphatic heterocycles. The van der Waals surface area contributed by atoms with Crippen LogP contribution in [-0.4, -0.2) is 39.6 Å². The normalized spacial score (nSPS) is 15.6. The van der Waals surface area contributed by atoms with Crippen LogP contribution in [0.3, 0.4) is 0 Å². The molecule has 1 N–H and O–H groups in total. The molecule has 1 fully saturated rings. The minimum Gasteiger partial charge on any atom is -0.333 e. The number of rotatable bonds is 4. The number of carbonyl (C=O) groups excluding carboxylic acids is 2. The molecule has 6 nitrogen and oxygen atoms in total. The van der Waals surface area contributed by atoms with E-state index in [2.05, 4.69) is 26.3 Å². The molecule has 0 saturated carbocycles. The molecule has 1 aliphatic rings. The second-order valence-electron chi connectivity index (χ2n) is 6.15. The Hall–Kier alpha value is -2.15. The van der Waals surface area contributed by atoms with Gasteiger partial charge in [-0.25, -0.2) is 4.68 Å². The Bertz CT molecular complexity index is 759. The van der Waals surface area contributed by atoms with Gasteiger partial charge < -0.3 is 10.2 Å². The lowest BCUT2D eigenvalue weighted by molar-refractivity contribution is -0.135. The van der Waals surface area contributed by atoms with Gasteiger partial charge in [0, 0.05) is 19.2 Å². The lowest BCUT2D eigenvalue weighted by atomic mass is 10.1. The van der Waals surface area contributed by atoms with E-state index >= 15 is 0 Å². The zero-order chi connectivity index (χ0) is 17.6. The molecule has 0 radical (unpaired) electrons. The van der Waals surface area contributed by atoms with Crippen molar-refractivity contribution >= 4 is 33.4 Å². The fraction of sp³-hybridized carbons (Fsp3) is 0.389. The van der Waals surface area contributed by atoms with Crippen molar-refractivity contribution in [2.45, 2.75) is 32.1 Å². The van der Waals surface area contributed by atoms with Crippen LogP contribution in [0.1, 0.15) is 32.1 Å². The van der Waals surface area contributed by atoms with Gasteiger partial charge in [-0.3, -0.25) is 9.59 Å². The van der Waals surface area contributed by atoms with Crippen molar-refractivity contribution in [1.29, 1.82) is 0 Å². The Morgan fingerprint density at radius 1 is 1.20 bits per heavy atom. The lowest BCUT2D eigenvalue weighted by Gasteiger charge is -2.24. The predicted molar refractivity (Wildman–Crippen MR) is 99.6 cm³/mol. The van der Waals surface area contributed by atoms with Gasteiger partial charge in [-0.1, -0.05) is 25.0 Å². The molecular weight excluding hydrogens is 384 g/mol. The Morgan fingerprint density at radius 3 is 2.80 bits per heavy atom. The van der Waals surface area contributed by atoms with E-state index in [4.69, 9.17) is 0 Å². The monoisotopic (exact) mass is 404 g/mol. The molecule has 0 unspecified atom stereocenters. The van der Waals surface area contributed by atoms with Gasteiger partial charge in [0.05, 0.1) is 28.6 Å². The minimum absolute atomic E-state index is 0.0686. The highest BCUT2D eigenvalue weighted by Gasteiger charge is 2.19. The third-order valence-corrected chi connectivity index (χ3v) is 4.64. The number of para-hydroxylation sites is 2. The van der Waals surface area contributed by atoms with Gasteiger partial charge >= 0.3 is 0 Å². The van der Waals surface area contributed by atoms with E-state index in [1.54, 1.807) is 15.8 Å². The molecule has 2 heterocycles. The molecule has 2 amide bonds. The first-order valence-corrected chi connectivity index (χ1v) is 9.30. The first kappa shape index (κ1) is 17.7. The predicted octanol–water partition coefficient (Wildman–Crippen LogP) is 3.37. The van der Waals surface area contributed by atoms with Crippen molar-refractivity contribution in [2.75, 3.05) is 18.4 Å². The second kappa shape index (κ2) is 8.29. The van der Waals surface area contributed by atoms with Crippen molar-refractivity contribution in [3.8, 4) is 5.69 Å². The van der Waals surface area contributed by atoms with E-state index in [0.717, 1.165) is 35.8 Å². The van der Waals surface area contributed by atoms with Crippen LogP contribution < -0.4 is 5.32 Å². The van der Waals surface area contributed by atoms with Crippen LogP contribution in [0.15, 0.2) is 41.1 Å². The Morgan fingerprint density at radius 2 is 2.00 bits per heavy atom. The van der Waals surface area contributed by atoms with Crippen LogP contribution in [-0.2, 0) is 9.59 Å². The highest BCUT2D eigenvalue weighted by molar-refractivity contribution is 9.10. The molecule has 0 atom stereocenters. The molecule has 3 rings (SSSR count). The third kappa shape index (κ3) is 4.69. The summed E-state index contributed by atoms with van der Waals surface area (Å²) in [5.41, 5.74) is 1.45. The number of aromatic nitrogens is 2. The summed E-state index contributed by atoms with van der Waals surface area (Å²) in [5, 5.41) is 7.17. The number of likely N-dealkylation sites (tertiary alicyclic amines) is 1. The first-order valence-electron chi connectivity index (χ1n) is 8.51. The third-order valence-electron chi connectivity index (χ3n) is 4.23. The molecule has 1 aromatic heterocycles. The van der Waals surface area contributed by atoms with Gasteiger partial charge in [-0.2, -0.15) is 5.10 Å². The van der Waals surface area contributed by atoms with Crippen molar-refractivity contribution in [2.24, 2.45) is 0 Å². The first-order chi connectivity index (χ1) is 12.1. The number of hydrogen-bond donors (Lipinski definition) is 1. The number of hydrogen-bond acceptors (Lipinski definition) is 3. The number of halogens is 1. The maximum absolute atomic E-state index is 12.5. The Kier molecular flexibility index (Phi) is 5.86. The Labute approximate surface area is 155 Å². The molecule has 25 heavy (non-hydrogen) atoms. The van der Waals surface area contributed by atoms with Crippen molar-refractivity contribution in [3.63, 3.8) is 0 Å². The van der Waals surface area contributed by atoms with E-state index in [9.17, 15) is 9.59 Å². The summed E-state index contributed by atoms with van der Waals surface area (Å²) in [6, 6.07) is 7.47. The van der Waals surface area contributed by atoms with Gasteiger partial charge in [-0.15, -0.1) is 0 Å². The maximum atomic E-state index is 12.5. The van der Waals surface area contributed by atoms with E-state index in [-0.39, 0.29) is 18.4 Å². The highest BCUT2D eigenvalue weighted by Crippen LogP contribution is 2.21. The van der Waals surface area contributed by atoms with E-state index in [1.807, 2.05) is 30.5 Å². The number of carbonyl (C=O) groups is 2. The van der Waals surface area contributed by atoms with Crippen LogP contribution in [0.25, 0.3) is 5.69 Å². The van der Waals surface area contributed by atoms with Crippen LogP contribution in [0.5, 0.6) is 0 Å². The molecule has 0 bridgehead atoms. The number of anilines is 1. The number of nitrogens with one attached hydrogen (secondary N) is 1. The molecular formula is C18H21BrN4O2. The second-order valence-corrected chi connectivity index (χ2v) is 7.06. The minimum atomic E-state index is -0.187. The summed E-state index contributed by atoms with van der Waals surface area (Å²) in [5.74, 6) is -0.119. The summed E-state index contributed by atoms with van der Waals surface area (Å²) in [4.78, 5) is 26.3. The molecule has 0 aliphatic carbocycles. The topological polar surface area (TPSA) is 67.2 Å². The van der Waals surface area contributed by atoms with Gasteiger partial charge in [0.15, 0.2) is 0 Å². The molecule has 0 spiro atoms. The Balaban J connectivity index is 1.69. The van der Waals surface area contributed by atoms with Gasteiger partial charge in [0.2, 0.25) is 11.8 Å². The van der Waals surface area contributed by atoms with E-state index < -0.39 is 0 Å². The summed E-state index contributed by atoms with van der Waals surface area (Å²) in [6.45, 7) is 0.746. The summed E-state index contributed by atoms with van der Waals surface area (Å²) >= 11 is 3.38. The molecule has 1 aromatic carbocycles. The van der Waals surface area contributed by atoms with Crippen LogP contribution in [0.4, 0.5) is 5.69 Å². The maximum Gasteiger partial charge on any atom is 0.244 e. The molecule has 132 valence electrons. The van der Waals surface area contributed by atoms with Gasteiger partial charge in [0.25, 0.3) is 0 Å². The van der Waals surface area contributed by atoms with Crippen LogP contribution in [0.2, 0.25) is 0 Å². The standard InChI is InChI=1S/C18H21BrN4O2/c19-14-11-20-23(12-14)16-8-5-4-7-15(16)21-17(24)13-22-10-6-2-1-3-9-18(22)25/h4-5,7-8,11-12H,1-3,6,9-10,13H2,(H,21,24). The SMILES string of the molecule is O=C(CN1CCCCCCC1=O)Nc1ccccc1-n1cc(Br)cn1. The van der Waals surface area contributed by atoms with Crippen molar-refractivity contribution < 1.29 is 9.59 Å². The van der Waals surface area contributed by atoms with Crippen LogP contribution in [0, 0.1) is 0 Å². The van der Waals surface area contributed by atoms with Crippen molar-refractivity contribution in [1.82, 2.24) is 14.7 Å². The summed E-state index contributed by atoms with van der Waals surface area (Å²) in [6.07, 6.45) is 8.13. The van der Waals surface area contributed by atoms with E-state index in [1.165, 1.54) is 0 Å². The number of nitrogens with zero attached hydrogens (tertiary/aromatic N) is 3. The average molecular weight is 405 g/mol. The number of amides is 2. The van der Waals surface area contributed by atoms with Gasteiger partial charge in [-0.05, 0) is 40.9 Å². The lowest BCUT2D eigenvalue weighted by Crippen LogP contribution is -2.39. The van der Waals surface area contributed by atoms with Gasteiger partial charge in [0.1, 0.15) is 0 Å². The fourth-order valence-corrected chi connectivity index (χ4v) is 3.24. The molecule has 1 saturated heterocycles. The summed E-state index contributed by atoms with van der Waals surface area (Å²) < 4.78 is 2.56. The zero-order valence-corrected chi connectivity index (χ0v) is 15.5. The average Bonchev–Trinajstić information content (AvgIpc) is 3.01. The van der Waals surface area contributed by atoms with E-state index in [0.29, 0.717) is 18.7 Å². The smallest absolute Gasteiger partial charge is 0.244 e. The van der Waals surface area contributed by atoms with Crippen molar-refractivity contribution in [3.05, 3.63) is 41.1 Å². The fourth-order valence-electron chi connectivity index (χ4n) is 2.96. The number of benzene rings is 1. The molecule has 2 aromatic rings. The quantitative estimate of drug-likeness (QED) is 0.848. The van der Waals surface area contributed by atoms with Crippen LogP contribution >= 0.6 is 15.9 Å².